The van der Waals surface area contributed by atoms with Crippen molar-refractivity contribution in [3.63, 3.8) is 0 Å². The van der Waals surface area contributed by atoms with E-state index in [0.29, 0.717) is 30.2 Å². The van der Waals surface area contributed by atoms with Gasteiger partial charge in [0.05, 0.1) is 6.61 Å². The SMILES string of the molecule is CCCOc1ccccc1OCc1cc(CN)ccc1F. The Labute approximate surface area is 124 Å². The lowest BCUT2D eigenvalue weighted by Crippen LogP contribution is -2.04. The molecule has 4 heteroatoms. The molecule has 2 aromatic carbocycles. The summed E-state index contributed by atoms with van der Waals surface area (Å²) >= 11 is 0. The molecule has 0 spiro atoms. The van der Waals surface area contributed by atoms with Crippen molar-refractivity contribution in [1.29, 1.82) is 0 Å². The number of ether oxygens (including phenoxy) is 2. The van der Waals surface area contributed by atoms with Crippen molar-refractivity contribution in [2.75, 3.05) is 6.61 Å². The maximum absolute atomic E-state index is 13.8. The highest BCUT2D eigenvalue weighted by molar-refractivity contribution is 5.39. The maximum Gasteiger partial charge on any atom is 0.161 e. The van der Waals surface area contributed by atoms with E-state index in [1.807, 2.05) is 31.2 Å². The molecule has 21 heavy (non-hydrogen) atoms. The molecule has 0 aliphatic rings. The molecule has 0 aliphatic carbocycles. The molecule has 0 fully saturated rings. The summed E-state index contributed by atoms with van der Waals surface area (Å²) in [5, 5.41) is 0. The average Bonchev–Trinajstić information content (AvgIpc) is 2.53. The Kier molecular flexibility index (Phi) is 5.58. The van der Waals surface area contributed by atoms with Crippen molar-refractivity contribution in [2.24, 2.45) is 5.73 Å². The lowest BCUT2D eigenvalue weighted by Gasteiger charge is -2.13. The predicted molar refractivity (Wildman–Crippen MR) is 80.9 cm³/mol. The maximum atomic E-state index is 13.8. The summed E-state index contributed by atoms with van der Waals surface area (Å²) in [6, 6.07) is 12.2. The van der Waals surface area contributed by atoms with Gasteiger partial charge in [-0.2, -0.15) is 0 Å². The first-order valence-corrected chi connectivity index (χ1v) is 7.06. The quantitative estimate of drug-likeness (QED) is 0.846. The van der Waals surface area contributed by atoms with Gasteiger partial charge in [0, 0.05) is 12.1 Å². The van der Waals surface area contributed by atoms with Crippen molar-refractivity contribution in [3.05, 3.63) is 59.4 Å². The van der Waals surface area contributed by atoms with Gasteiger partial charge in [-0.3, -0.25) is 0 Å². The highest BCUT2D eigenvalue weighted by atomic mass is 19.1. The first-order chi connectivity index (χ1) is 10.2. The predicted octanol–water partition coefficient (Wildman–Crippen LogP) is 3.65. The monoisotopic (exact) mass is 289 g/mol. The van der Waals surface area contributed by atoms with Gasteiger partial charge >= 0.3 is 0 Å². The van der Waals surface area contributed by atoms with E-state index >= 15 is 0 Å². The van der Waals surface area contributed by atoms with E-state index in [1.54, 1.807) is 12.1 Å². The first kappa shape index (κ1) is 15.3. The Balaban J connectivity index is 2.09. The minimum absolute atomic E-state index is 0.145. The molecule has 112 valence electrons. The number of para-hydroxylation sites is 2. The summed E-state index contributed by atoms with van der Waals surface area (Å²) in [6.45, 7) is 3.18. The average molecular weight is 289 g/mol. The van der Waals surface area contributed by atoms with Crippen LogP contribution in [0.4, 0.5) is 4.39 Å². The van der Waals surface area contributed by atoms with Gasteiger partial charge in [0.2, 0.25) is 0 Å². The molecular formula is C17H20FNO2. The third-order valence-electron chi connectivity index (χ3n) is 3.04. The van der Waals surface area contributed by atoms with E-state index in [2.05, 4.69) is 0 Å². The second-order valence-electron chi connectivity index (χ2n) is 4.71. The molecule has 2 N–H and O–H groups in total. The van der Waals surface area contributed by atoms with E-state index in [-0.39, 0.29) is 12.4 Å². The summed E-state index contributed by atoms with van der Waals surface area (Å²) in [7, 11) is 0. The minimum atomic E-state index is -0.292. The molecule has 0 atom stereocenters. The highest BCUT2D eigenvalue weighted by Crippen LogP contribution is 2.27. The lowest BCUT2D eigenvalue weighted by molar-refractivity contribution is 0.259. The van der Waals surface area contributed by atoms with E-state index < -0.39 is 0 Å². The number of nitrogens with two attached hydrogens (primary N) is 1. The van der Waals surface area contributed by atoms with Crippen molar-refractivity contribution >= 4 is 0 Å². The highest BCUT2D eigenvalue weighted by Gasteiger charge is 2.07. The van der Waals surface area contributed by atoms with E-state index in [0.717, 1.165) is 12.0 Å². The number of halogens is 1. The van der Waals surface area contributed by atoms with Crippen LogP contribution in [-0.2, 0) is 13.2 Å². The van der Waals surface area contributed by atoms with Gasteiger partial charge in [-0.15, -0.1) is 0 Å². The molecule has 0 bridgehead atoms. The van der Waals surface area contributed by atoms with Crippen LogP contribution in [0.3, 0.4) is 0 Å². The van der Waals surface area contributed by atoms with Gasteiger partial charge in [0.15, 0.2) is 11.5 Å². The fourth-order valence-electron chi connectivity index (χ4n) is 1.92. The standard InChI is InChI=1S/C17H20FNO2/c1-2-9-20-16-5-3-4-6-17(16)21-12-14-10-13(11-19)7-8-15(14)18/h3-8,10H,2,9,11-12,19H2,1H3. The molecule has 0 aliphatic heterocycles. The van der Waals surface area contributed by atoms with Gasteiger partial charge in [-0.05, 0) is 36.2 Å². The third-order valence-corrected chi connectivity index (χ3v) is 3.04. The van der Waals surface area contributed by atoms with Gasteiger partial charge in [-0.1, -0.05) is 25.1 Å². The van der Waals surface area contributed by atoms with Gasteiger partial charge in [0.1, 0.15) is 12.4 Å². The van der Waals surface area contributed by atoms with Crippen LogP contribution >= 0.6 is 0 Å². The Morgan fingerprint density at radius 1 is 1.05 bits per heavy atom. The normalized spacial score (nSPS) is 10.4. The van der Waals surface area contributed by atoms with Crippen LogP contribution in [-0.4, -0.2) is 6.61 Å². The number of benzene rings is 2. The third kappa shape index (κ3) is 4.20. The minimum Gasteiger partial charge on any atom is -0.490 e. The van der Waals surface area contributed by atoms with Crippen LogP contribution < -0.4 is 15.2 Å². The fraction of sp³-hybridized carbons (Fsp3) is 0.294. The van der Waals surface area contributed by atoms with Crippen LogP contribution in [0.5, 0.6) is 11.5 Å². The summed E-state index contributed by atoms with van der Waals surface area (Å²) in [4.78, 5) is 0. The molecule has 0 saturated carbocycles. The molecule has 2 aromatic rings. The lowest BCUT2D eigenvalue weighted by atomic mass is 10.1. The second-order valence-corrected chi connectivity index (χ2v) is 4.71. The summed E-state index contributed by atoms with van der Waals surface area (Å²) in [5.41, 5.74) is 6.94. The van der Waals surface area contributed by atoms with Crippen molar-refractivity contribution in [3.8, 4) is 11.5 Å². The summed E-state index contributed by atoms with van der Waals surface area (Å²) in [5.74, 6) is 0.998. The summed E-state index contributed by atoms with van der Waals surface area (Å²) in [6.07, 6.45) is 0.918. The largest absolute Gasteiger partial charge is 0.490 e. The molecule has 0 aromatic heterocycles. The van der Waals surface area contributed by atoms with Crippen LogP contribution in [0.25, 0.3) is 0 Å². The van der Waals surface area contributed by atoms with E-state index in [4.69, 9.17) is 15.2 Å². The topological polar surface area (TPSA) is 44.5 Å². The van der Waals surface area contributed by atoms with Crippen LogP contribution in [0.1, 0.15) is 24.5 Å². The van der Waals surface area contributed by atoms with Gasteiger partial charge in [0.25, 0.3) is 0 Å². The zero-order valence-electron chi connectivity index (χ0n) is 12.1. The Bertz CT molecular complexity index is 587. The Morgan fingerprint density at radius 3 is 2.43 bits per heavy atom. The number of hydrogen-bond acceptors (Lipinski definition) is 3. The van der Waals surface area contributed by atoms with Gasteiger partial charge < -0.3 is 15.2 Å². The smallest absolute Gasteiger partial charge is 0.161 e. The first-order valence-electron chi connectivity index (χ1n) is 7.06. The van der Waals surface area contributed by atoms with Gasteiger partial charge in [-0.25, -0.2) is 4.39 Å². The fourth-order valence-corrected chi connectivity index (χ4v) is 1.92. The summed E-state index contributed by atoms with van der Waals surface area (Å²) < 4.78 is 25.1. The van der Waals surface area contributed by atoms with E-state index in [1.165, 1.54) is 6.07 Å². The molecule has 0 amide bonds. The van der Waals surface area contributed by atoms with E-state index in [9.17, 15) is 4.39 Å². The zero-order valence-corrected chi connectivity index (χ0v) is 12.1. The van der Waals surface area contributed by atoms with Crippen LogP contribution in [0.2, 0.25) is 0 Å². The molecule has 3 nitrogen and oxygen atoms in total. The van der Waals surface area contributed by atoms with Crippen molar-refractivity contribution < 1.29 is 13.9 Å². The van der Waals surface area contributed by atoms with Crippen LogP contribution in [0.15, 0.2) is 42.5 Å². The number of hydrogen-bond donors (Lipinski definition) is 1. The van der Waals surface area contributed by atoms with Crippen molar-refractivity contribution in [1.82, 2.24) is 0 Å². The number of rotatable bonds is 7. The Morgan fingerprint density at radius 2 is 1.76 bits per heavy atom. The molecule has 0 radical (unpaired) electrons. The molecule has 0 unspecified atom stereocenters. The molecule has 2 rings (SSSR count). The van der Waals surface area contributed by atoms with Crippen molar-refractivity contribution in [2.45, 2.75) is 26.5 Å². The zero-order chi connectivity index (χ0) is 15.1. The van der Waals surface area contributed by atoms with Crippen LogP contribution in [0, 0.1) is 5.82 Å². The molecular weight excluding hydrogens is 269 g/mol. The molecule has 0 saturated heterocycles. The molecule has 0 heterocycles. The second kappa shape index (κ2) is 7.64. The Hall–Kier alpha value is -2.07.